The van der Waals surface area contributed by atoms with E-state index in [1.807, 2.05) is 24.5 Å². The SMILES string of the molecule is CSCCC(NC(=O)c1ccccc1Cl)C(=O)NCCC(C)c1ccccc1. The zero-order valence-corrected chi connectivity index (χ0v) is 17.9. The number of rotatable bonds is 10. The third kappa shape index (κ3) is 6.88. The number of halogens is 1. The van der Waals surface area contributed by atoms with Crippen LogP contribution < -0.4 is 10.6 Å². The summed E-state index contributed by atoms with van der Waals surface area (Å²) in [6, 6.07) is 16.5. The molecule has 0 spiro atoms. The van der Waals surface area contributed by atoms with Crippen LogP contribution in [0, 0.1) is 0 Å². The number of carbonyl (C=O) groups is 2. The van der Waals surface area contributed by atoms with Crippen molar-refractivity contribution in [3.63, 3.8) is 0 Å². The van der Waals surface area contributed by atoms with Crippen LogP contribution in [-0.4, -0.2) is 36.4 Å². The molecule has 2 aromatic rings. The lowest BCUT2D eigenvalue weighted by Crippen LogP contribution is -2.47. The number of amides is 2. The summed E-state index contributed by atoms with van der Waals surface area (Å²) >= 11 is 7.74. The summed E-state index contributed by atoms with van der Waals surface area (Å²) in [4.78, 5) is 25.2. The molecular formula is C22H27ClN2O2S. The van der Waals surface area contributed by atoms with Crippen LogP contribution in [0.1, 0.15) is 41.6 Å². The molecule has 28 heavy (non-hydrogen) atoms. The van der Waals surface area contributed by atoms with Gasteiger partial charge in [-0.3, -0.25) is 9.59 Å². The Morgan fingerprint density at radius 2 is 1.71 bits per heavy atom. The average molecular weight is 419 g/mol. The van der Waals surface area contributed by atoms with Crippen molar-refractivity contribution >= 4 is 35.2 Å². The van der Waals surface area contributed by atoms with E-state index in [0.29, 0.717) is 29.5 Å². The standard InChI is InChI=1S/C22H27ClN2O2S/c1-16(17-8-4-3-5-9-17)12-14-24-22(27)20(13-15-28-2)25-21(26)18-10-6-7-11-19(18)23/h3-11,16,20H,12-15H2,1-2H3,(H,24,27)(H,25,26). The Kier molecular flexibility index (Phi) is 9.38. The molecule has 0 saturated carbocycles. The van der Waals surface area contributed by atoms with E-state index < -0.39 is 6.04 Å². The van der Waals surface area contributed by atoms with E-state index in [9.17, 15) is 9.59 Å². The molecule has 0 aliphatic rings. The fourth-order valence-electron chi connectivity index (χ4n) is 2.87. The Morgan fingerprint density at radius 3 is 2.39 bits per heavy atom. The predicted octanol–water partition coefficient (Wildman–Crippen LogP) is 4.50. The first-order chi connectivity index (χ1) is 13.5. The molecule has 0 aliphatic heterocycles. The van der Waals surface area contributed by atoms with E-state index in [0.717, 1.165) is 12.2 Å². The summed E-state index contributed by atoms with van der Waals surface area (Å²) < 4.78 is 0. The number of hydrogen-bond donors (Lipinski definition) is 2. The van der Waals surface area contributed by atoms with E-state index in [1.54, 1.807) is 36.0 Å². The molecule has 4 nitrogen and oxygen atoms in total. The molecule has 2 aromatic carbocycles. The molecule has 0 heterocycles. The molecule has 0 fully saturated rings. The highest BCUT2D eigenvalue weighted by molar-refractivity contribution is 7.98. The lowest BCUT2D eigenvalue weighted by molar-refractivity contribution is -0.123. The van der Waals surface area contributed by atoms with E-state index in [1.165, 1.54) is 5.56 Å². The van der Waals surface area contributed by atoms with Gasteiger partial charge in [0.2, 0.25) is 5.91 Å². The van der Waals surface area contributed by atoms with Gasteiger partial charge < -0.3 is 10.6 Å². The summed E-state index contributed by atoms with van der Waals surface area (Å²) in [5, 5.41) is 6.17. The molecule has 0 saturated heterocycles. The smallest absolute Gasteiger partial charge is 0.253 e. The lowest BCUT2D eigenvalue weighted by atomic mass is 9.98. The molecule has 0 aromatic heterocycles. The Labute approximate surface area is 176 Å². The molecule has 2 atom stereocenters. The zero-order chi connectivity index (χ0) is 20.4. The first-order valence-electron chi connectivity index (χ1n) is 9.40. The van der Waals surface area contributed by atoms with Gasteiger partial charge in [-0.15, -0.1) is 0 Å². The molecule has 2 rings (SSSR count). The van der Waals surface area contributed by atoms with Gasteiger partial charge in [0.15, 0.2) is 0 Å². The minimum atomic E-state index is -0.580. The second kappa shape index (κ2) is 11.8. The van der Waals surface area contributed by atoms with Gasteiger partial charge in [0.05, 0.1) is 10.6 Å². The van der Waals surface area contributed by atoms with Gasteiger partial charge in [0, 0.05) is 6.54 Å². The maximum Gasteiger partial charge on any atom is 0.253 e. The van der Waals surface area contributed by atoms with Gasteiger partial charge >= 0.3 is 0 Å². The Balaban J connectivity index is 1.91. The summed E-state index contributed by atoms with van der Waals surface area (Å²) in [6.45, 7) is 2.71. The van der Waals surface area contributed by atoms with E-state index in [4.69, 9.17) is 11.6 Å². The molecule has 2 unspecified atom stereocenters. The highest BCUT2D eigenvalue weighted by Crippen LogP contribution is 2.18. The molecule has 0 radical (unpaired) electrons. The van der Waals surface area contributed by atoms with Crippen molar-refractivity contribution in [2.24, 2.45) is 0 Å². The zero-order valence-electron chi connectivity index (χ0n) is 16.3. The monoisotopic (exact) mass is 418 g/mol. The van der Waals surface area contributed by atoms with Crippen LogP contribution in [0.15, 0.2) is 54.6 Å². The quantitative estimate of drug-likeness (QED) is 0.597. The summed E-state index contributed by atoms with van der Waals surface area (Å²) in [5.74, 6) is 0.643. The van der Waals surface area contributed by atoms with Crippen molar-refractivity contribution < 1.29 is 9.59 Å². The topological polar surface area (TPSA) is 58.2 Å². The Morgan fingerprint density at radius 1 is 1.04 bits per heavy atom. The van der Waals surface area contributed by atoms with Gasteiger partial charge in [-0.2, -0.15) is 11.8 Å². The minimum absolute atomic E-state index is 0.158. The number of carbonyl (C=O) groups excluding carboxylic acids is 2. The van der Waals surface area contributed by atoms with Gasteiger partial charge in [-0.1, -0.05) is 61.0 Å². The highest BCUT2D eigenvalue weighted by Gasteiger charge is 2.22. The Bertz CT molecular complexity index is 770. The van der Waals surface area contributed by atoms with Crippen LogP contribution >= 0.6 is 23.4 Å². The second-order valence-corrected chi connectivity index (χ2v) is 8.07. The van der Waals surface area contributed by atoms with Crippen molar-refractivity contribution in [1.29, 1.82) is 0 Å². The van der Waals surface area contributed by atoms with Crippen molar-refractivity contribution in [2.75, 3.05) is 18.6 Å². The first kappa shape index (κ1) is 22.3. The van der Waals surface area contributed by atoms with Crippen molar-refractivity contribution in [1.82, 2.24) is 10.6 Å². The fraction of sp³-hybridized carbons (Fsp3) is 0.364. The van der Waals surface area contributed by atoms with Crippen molar-refractivity contribution in [2.45, 2.75) is 31.7 Å². The molecule has 2 amide bonds. The lowest BCUT2D eigenvalue weighted by Gasteiger charge is -2.19. The number of nitrogens with one attached hydrogen (secondary N) is 2. The molecule has 2 N–H and O–H groups in total. The maximum absolute atomic E-state index is 12.7. The second-order valence-electron chi connectivity index (χ2n) is 6.68. The van der Waals surface area contributed by atoms with Crippen molar-refractivity contribution in [3.8, 4) is 0 Å². The van der Waals surface area contributed by atoms with Crippen LogP contribution in [-0.2, 0) is 4.79 Å². The predicted molar refractivity (Wildman–Crippen MR) is 118 cm³/mol. The number of benzene rings is 2. The molecular weight excluding hydrogens is 392 g/mol. The third-order valence-electron chi connectivity index (χ3n) is 4.60. The van der Waals surface area contributed by atoms with Crippen LogP contribution in [0.4, 0.5) is 0 Å². The average Bonchev–Trinajstić information content (AvgIpc) is 2.71. The molecule has 150 valence electrons. The van der Waals surface area contributed by atoms with E-state index in [2.05, 4.69) is 29.7 Å². The van der Waals surface area contributed by atoms with E-state index in [-0.39, 0.29) is 11.8 Å². The minimum Gasteiger partial charge on any atom is -0.354 e. The van der Waals surface area contributed by atoms with Gasteiger partial charge in [0.1, 0.15) is 6.04 Å². The molecule has 0 aliphatic carbocycles. The largest absolute Gasteiger partial charge is 0.354 e. The summed E-state index contributed by atoms with van der Waals surface area (Å²) in [7, 11) is 0. The normalized spacial score (nSPS) is 12.8. The van der Waals surface area contributed by atoms with E-state index >= 15 is 0 Å². The van der Waals surface area contributed by atoms with Gasteiger partial charge in [-0.05, 0) is 48.5 Å². The van der Waals surface area contributed by atoms with Crippen LogP contribution in [0.2, 0.25) is 5.02 Å². The van der Waals surface area contributed by atoms with Gasteiger partial charge in [0.25, 0.3) is 5.91 Å². The molecule has 6 heteroatoms. The summed E-state index contributed by atoms with van der Waals surface area (Å²) in [6.07, 6.45) is 3.38. The van der Waals surface area contributed by atoms with Crippen LogP contribution in [0.3, 0.4) is 0 Å². The van der Waals surface area contributed by atoms with Crippen molar-refractivity contribution in [3.05, 3.63) is 70.7 Å². The fourth-order valence-corrected chi connectivity index (χ4v) is 3.56. The third-order valence-corrected chi connectivity index (χ3v) is 5.57. The highest BCUT2D eigenvalue weighted by atomic mass is 35.5. The van der Waals surface area contributed by atoms with Crippen LogP contribution in [0.5, 0.6) is 0 Å². The van der Waals surface area contributed by atoms with Gasteiger partial charge in [-0.25, -0.2) is 0 Å². The number of thioether (sulfide) groups is 1. The van der Waals surface area contributed by atoms with Crippen LogP contribution in [0.25, 0.3) is 0 Å². The summed E-state index contributed by atoms with van der Waals surface area (Å²) in [5.41, 5.74) is 1.63. The Hall–Kier alpha value is -1.98. The molecule has 0 bridgehead atoms. The first-order valence-corrected chi connectivity index (χ1v) is 11.2. The maximum atomic E-state index is 12.7. The number of hydrogen-bond acceptors (Lipinski definition) is 3.